The van der Waals surface area contributed by atoms with Crippen molar-refractivity contribution in [1.29, 1.82) is 5.26 Å². The third-order valence-electron chi connectivity index (χ3n) is 4.87. The molecule has 0 radical (unpaired) electrons. The van der Waals surface area contributed by atoms with Crippen molar-refractivity contribution in [3.63, 3.8) is 0 Å². The van der Waals surface area contributed by atoms with Gasteiger partial charge in [0.15, 0.2) is 5.78 Å². The Balaban J connectivity index is 2.18. The van der Waals surface area contributed by atoms with E-state index in [1.165, 1.54) is 0 Å². The fraction of sp³-hybridized carbons (Fsp3) is 0.300. The molecule has 0 fully saturated rings. The first-order valence-electron chi connectivity index (χ1n) is 8.53. The van der Waals surface area contributed by atoms with Gasteiger partial charge in [-0.3, -0.25) is 4.79 Å². The Bertz CT molecular complexity index is 905. The van der Waals surface area contributed by atoms with E-state index in [1.807, 2.05) is 19.2 Å². The maximum absolute atomic E-state index is 12.8. The molecule has 1 aliphatic carbocycles. The van der Waals surface area contributed by atoms with Crippen molar-refractivity contribution in [2.45, 2.75) is 25.2 Å². The quantitative estimate of drug-likeness (QED) is 0.625. The van der Waals surface area contributed by atoms with Crippen LogP contribution in [0.5, 0.6) is 5.75 Å². The van der Waals surface area contributed by atoms with Crippen molar-refractivity contribution in [2.75, 3.05) is 13.7 Å². The third kappa shape index (κ3) is 3.44. The number of hydrogen-bond donors (Lipinski definition) is 1. The first-order chi connectivity index (χ1) is 12.9. The second-order valence-corrected chi connectivity index (χ2v) is 8.16. The molecule has 1 aromatic carbocycles. The van der Waals surface area contributed by atoms with Crippen LogP contribution < -0.4 is 10.5 Å². The Hall–Kier alpha value is -2.04. The average molecular weight is 493 g/mol. The molecular formula is C20H19Br2N3O2. The summed E-state index contributed by atoms with van der Waals surface area (Å²) in [5.41, 5.74) is 9.06. The van der Waals surface area contributed by atoms with Crippen LogP contribution in [0.1, 0.15) is 30.7 Å². The van der Waals surface area contributed by atoms with Crippen molar-refractivity contribution < 1.29 is 9.53 Å². The highest BCUT2D eigenvalue weighted by molar-refractivity contribution is 9.11. The minimum absolute atomic E-state index is 0.0765. The topological polar surface area (TPSA) is 79.3 Å². The van der Waals surface area contributed by atoms with Crippen molar-refractivity contribution in [2.24, 2.45) is 5.73 Å². The van der Waals surface area contributed by atoms with Crippen LogP contribution >= 0.6 is 31.9 Å². The Morgan fingerprint density at radius 2 is 2.07 bits per heavy atom. The number of nitrogens with zero attached hydrogens (tertiary/aromatic N) is 2. The SMILES string of the molecule is C=CCOc1c(Br)cc([C@H]2C(C#N)=C(N)N(C)C3=C2C(=O)CCC3)cc1Br. The number of rotatable bonds is 4. The molecule has 1 heterocycles. The normalized spacial score (nSPS) is 19.7. The van der Waals surface area contributed by atoms with Crippen LogP contribution in [0.3, 0.4) is 0 Å². The predicted molar refractivity (Wildman–Crippen MR) is 111 cm³/mol. The minimum Gasteiger partial charge on any atom is -0.487 e. The molecule has 1 atom stereocenters. The van der Waals surface area contributed by atoms with E-state index in [0.29, 0.717) is 35.7 Å². The molecule has 140 valence electrons. The number of carbonyl (C=O) groups is 1. The largest absolute Gasteiger partial charge is 0.487 e. The molecule has 2 N–H and O–H groups in total. The number of carbonyl (C=O) groups excluding carboxylic acids is 1. The maximum Gasteiger partial charge on any atom is 0.161 e. The van der Waals surface area contributed by atoms with Crippen LogP contribution in [0.4, 0.5) is 0 Å². The first-order valence-corrected chi connectivity index (χ1v) is 10.1. The summed E-state index contributed by atoms with van der Waals surface area (Å²) in [4.78, 5) is 14.6. The second-order valence-electron chi connectivity index (χ2n) is 6.45. The monoisotopic (exact) mass is 491 g/mol. The number of nitrogens with two attached hydrogens (primary N) is 1. The highest BCUT2D eigenvalue weighted by Gasteiger charge is 2.39. The Kier molecular flexibility index (Phi) is 5.78. The number of Topliss-reactive ketones (excluding diaryl/α,β-unsaturated/α-hetero) is 1. The molecule has 0 spiro atoms. The van der Waals surface area contributed by atoms with Gasteiger partial charge >= 0.3 is 0 Å². The lowest BCUT2D eigenvalue weighted by Crippen LogP contribution is -2.36. The van der Waals surface area contributed by atoms with Crippen LogP contribution in [0.25, 0.3) is 0 Å². The number of allylic oxidation sites excluding steroid dienone is 3. The second kappa shape index (κ2) is 7.91. The molecule has 0 aromatic heterocycles. The molecule has 0 amide bonds. The zero-order valence-electron chi connectivity index (χ0n) is 14.9. The number of benzene rings is 1. The van der Waals surface area contributed by atoms with Gasteiger partial charge in [-0.1, -0.05) is 12.7 Å². The van der Waals surface area contributed by atoms with Crippen molar-refractivity contribution >= 4 is 37.6 Å². The standard InChI is InChI=1S/C20H19Br2N3O2/c1-3-7-27-19-13(21)8-11(9-14(19)22)17-12(10-23)20(24)25(2)15-5-4-6-16(26)18(15)17/h3,8-9,17H,1,4-7,24H2,2H3/t17-/m0/s1. The molecule has 2 aliphatic rings. The number of ketones is 1. The van der Waals surface area contributed by atoms with Gasteiger partial charge in [-0.15, -0.1) is 0 Å². The molecule has 0 saturated heterocycles. The van der Waals surface area contributed by atoms with Crippen molar-refractivity contribution in [3.8, 4) is 11.8 Å². The van der Waals surface area contributed by atoms with Gasteiger partial charge in [0, 0.05) is 24.7 Å². The van der Waals surface area contributed by atoms with Gasteiger partial charge in [-0.05, 0) is 62.4 Å². The van der Waals surface area contributed by atoms with E-state index >= 15 is 0 Å². The number of ether oxygens (including phenoxy) is 1. The van der Waals surface area contributed by atoms with Crippen molar-refractivity contribution in [3.05, 3.63) is 62.0 Å². The lowest BCUT2D eigenvalue weighted by molar-refractivity contribution is -0.116. The van der Waals surface area contributed by atoms with Crippen molar-refractivity contribution in [1.82, 2.24) is 4.90 Å². The van der Waals surface area contributed by atoms with Gasteiger partial charge in [0.1, 0.15) is 18.2 Å². The number of hydrogen-bond acceptors (Lipinski definition) is 5. The third-order valence-corrected chi connectivity index (χ3v) is 6.05. The molecule has 5 nitrogen and oxygen atoms in total. The molecule has 27 heavy (non-hydrogen) atoms. The van der Waals surface area contributed by atoms with Crippen LogP contribution in [0.2, 0.25) is 0 Å². The lowest BCUT2D eigenvalue weighted by Gasteiger charge is -2.37. The van der Waals surface area contributed by atoms with Crippen LogP contribution in [-0.2, 0) is 4.79 Å². The van der Waals surface area contributed by atoms with Crippen LogP contribution in [0.15, 0.2) is 56.4 Å². The molecule has 1 aromatic rings. The number of halogens is 2. The van der Waals surface area contributed by atoms with E-state index < -0.39 is 5.92 Å². The smallest absolute Gasteiger partial charge is 0.161 e. The van der Waals surface area contributed by atoms with Gasteiger partial charge in [0.2, 0.25) is 0 Å². The van der Waals surface area contributed by atoms with Gasteiger partial charge in [0.05, 0.1) is 26.5 Å². The van der Waals surface area contributed by atoms with Gasteiger partial charge in [0.25, 0.3) is 0 Å². The molecule has 0 saturated carbocycles. The first kappa shape index (κ1) is 19.7. The summed E-state index contributed by atoms with van der Waals surface area (Å²) in [7, 11) is 1.81. The van der Waals surface area contributed by atoms with E-state index in [2.05, 4.69) is 44.5 Å². The highest BCUT2D eigenvalue weighted by atomic mass is 79.9. The Morgan fingerprint density at radius 1 is 1.41 bits per heavy atom. The molecule has 0 bridgehead atoms. The summed E-state index contributed by atoms with van der Waals surface area (Å²) < 4.78 is 7.14. The van der Waals surface area contributed by atoms with Crippen LogP contribution in [-0.4, -0.2) is 24.3 Å². The summed E-state index contributed by atoms with van der Waals surface area (Å²) in [6.45, 7) is 4.03. The predicted octanol–water partition coefficient (Wildman–Crippen LogP) is 4.51. The summed E-state index contributed by atoms with van der Waals surface area (Å²) >= 11 is 7.07. The molecular weight excluding hydrogens is 474 g/mol. The molecule has 0 unspecified atom stereocenters. The van der Waals surface area contributed by atoms with E-state index in [-0.39, 0.29) is 5.78 Å². The summed E-state index contributed by atoms with van der Waals surface area (Å²) in [6.07, 6.45) is 3.73. The summed E-state index contributed by atoms with van der Waals surface area (Å²) in [5, 5.41) is 9.79. The molecule has 3 rings (SSSR count). The molecule has 7 heteroatoms. The summed E-state index contributed by atoms with van der Waals surface area (Å²) in [6, 6.07) is 6.00. The van der Waals surface area contributed by atoms with E-state index in [4.69, 9.17) is 10.5 Å². The summed E-state index contributed by atoms with van der Waals surface area (Å²) in [5.74, 6) is 0.643. The zero-order chi connectivity index (χ0) is 19.7. The van der Waals surface area contributed by atoms with Gasteiger partial charge in [-0.2, -0.15) is 5.26 Å². The van der Waals surface area contributed by atoms with E-state index in [9.17, 15) is 10.1 Å². The Morgan fingerprint density at radius 3 is 2.67 bits per heavy atom. The molecule has 1 aliphatic heterocycles. The average Bonchev–Trinajstić information content (AvgIpc) is 2.64. The highest BCUT2D eigenvalue weighted by Crippen LogP contribution is 2.46. The zero-order valence-corrected chi connectivity index (χ0v) is 18.1. The van der Waals surface area contributed by atoms with Gasteiger partial charge in [-0.25, -0.2) is 0 Å². The fourth-order valence-corrected chi connectivity index (χ4v) is 5.07. The minimum atomic E-state index is -0.477. The number of nitriles is 1. The van der Waals surface area contributed by atoms with Gasteiger partial charge < -0.3 is 15.4 Å². The van der Waals surface area contributed by atoms with Crippen LogP contribution in [0, 0.1) is 11.3 Å². The van der Waals surface area contributed by atoms with E-state index in [0.717, 1.165) is 33.0 Å². The lowest BCUT2D eigenvalue weighted by atomic mass is 9.76. The maximum atomic E-state index is 12.8. The Labute approximate surface area is 175 Å². The fourth-order valence-electron chi connectivity index (χ4n) is 3.62. The van der Waals surface area contributed by atoms with E-state index in [1.54, 1.807) is 11.0 Å².